The third-order valence-corrected chi connectivity index (χ3v) is 21.3. The number of carbonyl (C=O) groups is 4. The first-order chi connectivity index (χ1) is 40.3. The number of hydrogen-bond acceptors (Lipinski definition) is 21. The molecule has 6 rings (SSSR count). The molecule has 506 valence electrons. The van der Waals surface area contributed by atoms with Gasteiger partial charge in [-0.3, -0.25) is 14.7 Å². The Morgan fingerprint density at radius 2 is 0.761 bits per heavy atom. The number of rotatable bonds is 26. The maximum atomic E-state index is 12.7. The quantitative estimate of drug-likeness (QED) is 0.0330. The predicted octanol–water partition coefficient (Wildman–Crippen LogP) is 10.6. The number of amides is 2. The van der Waals surface area contributed by atoms with E-state index in [0.717, 1.165) is 84.1 Å². The molecule has 0 spiro atoms. The Morgan fingerprint density at radius 1 is 0.443 bits per heavy atom. The van der Waals surface area contributed by atoms with Crippen molar-refractivity contribution in [2.45, 2.75) is 117 Å². The van der Waals surface area contributed by atoms with Gasteiger partial charge in [0.05, 0.1) is 0 Å². The molecule has 88 heavy (non-hydrogen) atoms. The number of ether oxygens (including phenoxy) is 6. The highest BCUT2D eigenvalue weighted by molar-refractivity contribution is 6.67. The highest BCUT2D eigenvalue weighted by Gasteiger charge is 2.38. The van der Waals surface area contributed by atoms with Crippen LogP contribution in [0.1, 0.15) is 85.1 Å². The van der Waals surface area contributed by atoms with E-state index in [2.05, 4.69) is 39.7 Å². The number of benzene rings is 3. The van der Waals surface area contributed by atoms with E-state index in [4.69, 9.17) is 60.1 Å². The maximum Gasteiger partial charge on any atom is 0.514 e. The van der Waals surface area contributed by atoms with E-state index in [9.17, 15) is 19.2 Å². The number of nitrogens with one attached hydrogen (secondary N) is 1. The first-order valence-corrected chi connectivity index (χ1v) is 37.0. The number of phenolic OH excluding ortho intramolecular Hbond substituents is 1. The Hall–Kier alpha value is -5.21. The van der Waals surface area contributed by atoms with Gasteiger partial charge < -0.3 is 75.2 Å². The second-order valence-corrected chi connectivity index (χ2v) is 29.7. The molecule has 3 aliphatic heterocycles. The van der Waals surface area contributed by atoms with Gasteiger partial charge in [-0.1, -0.05) is 84.3 Å². The van der Waals surface area contributed by atoms with Crippen LogP contribution in [0.5, 0.6) is 17.2 Å². The molecule has 0 bridgehead atoms. The molecule has 26 heteroatoms. The van der Waals surface area contributed by atoms with Gasteiger partial charge in [0.2, 0.25) is 0 Å². The fourth-order valence-corrected chi connectivity index (χ4v) is 16.9. The molecule has 3 heterocycles. The Kier molecular flexibility index (Phi) is 46.0. The van der Waals surface area contributed by atoms with Crippen molar-refractivity contribution in [2.24, 2.45) is 0 Å². The number of phenols is 1. The molecule has 23 nitrogen and oxygen atoms in total. The third kappa shape index (κ3) is 35.8. The predicted molar refractivity (Wildman–Crippen MR) is 354 cm³/mol. The second kappa shape index (κ2) is 47.7. The topological polar surface area (TPSA) is 227 Å². The molecule has 0 saturated carbocycles. The van der Waals surface area contributed by atoms with Crippen molar-refractivity contribution in [2.75, 3.05) is 150 Å². The van der Waals surface area contributed by atoms with Crippen molar-refractivity contribution in [3.05, 3.63) is 91.0 Å². The van der Waals surface area contributed by atoms with Gasteiger partial charge in [-0.15, -0.1) is 0 Å². The van der Waals surface area contributed by atoms with Crippen LogP contribution in [0.3, 0.4) is 0 Å². The molecule has 0 aliphatic carbocycles. The lowest BCUT2D eigenvalue weighted by atomic mass is 10.3. The van der Waals surface area contributed by atoms with Crippen LogP contribution in [-0.2, 0) is 45.5 Å². The van der Waals surface area contributed by atoms with E-state index >= 15 is 0 Å². The van der Waals surface area contributed by atoms with Gasteiger partial charge >= 0.3 is 50.2 Å². The van der Waals surface area contributed by atoms with Gasteiger partial charge in [0.25, 0.3) is 0 Å². The van der Waals surface area contributed by atoms with E-state index in [-0.39, 0.29) is 55.1 Å². The molecule has 2 amide bonds. The zero-order valence-electron chi connectivity index (χ0n) is 51.8. The summed E-state index contributed by atoms with van der Waals surface area (Å²) in [6, 6.07) is 25.7. The molecule has 3 aromatic carbocycles. The molecular formula is C62H114N6O17Si3. The van der Waals surface area contributed by atoms with Gasteiger partial charge in [0.1, 0.15) is 42.7 Å². The summed E-state index contributed by atoms with van der Waals surface area (Å²) in [4.78, 5) is 58.7. The van der Waals surface area contributed by atoms with Crippen molar-refractivity contribution in [3.8, 4) is 17.2 Å². The average molecular weight is 1300 g/mol. The second-order valence-electron chi connectivity index (χ2n) is 20.2. The molecule has 3 saturated heterocycles. The Balaban J connectivity index is 0. The summed E-state index contributed by atoms with van der Waals surface area (Å²) in [5.74, 6) is 1.06. The van der Waals surface area contributed by atoms with E-state index in [1.54, 1.807) is 109 Å². The minimum Gasteiger partial charge on any atom is -0.508 e. The molecule has 3 aliphatic rings. The summed E-state index contributed by atoms with van der Waals surface area (Å²) in [6.07, 6.45) is -1.15. The Labute approximate surface area is 532 Å². The van der Waals surface area contributed by atoms with Crippen LogP contribution in [0.15, 0.2) is 91.0 Å². The number of hydrogen-bond donors (Lipinski definition) is 2. The molecule has 0 aromatic heterocycles. The summed E-state index contributed by atoms with van der Waals surface area (Å²) in [6.45, 7) is 35.3. The summed E-state index contributed by atoms with van der Waals surface area (Å²) in [7, 11) is -6.42. The highest BCUT2D eigenvalue weighted by atomic mass is 28.4. The highest BCUT2D eigenvalue weighted by Crippen LogP contribution is 2.17. The van der Waals surface area contributed by atoms with E-state index < -0.39 is 50.2 Å². The van der Waals surface area contributed by atoms with Gasteiger partial charge in [0, 0.05) is 137 Å². The number of carbonyl (C=O) groups excluding carboxylic acids is 4. The molecule has 2 unspecified atom stereocenters. The normalized spacial score (nSPS) is 15.2. The number of piperazine rings is 3. The summed E-state index contributed by atoms with van der Waals surface area (Å²) < 4.78 is 66.2. The fourth-order valence-electron chi connectivity index (χ4n) is 9.09. The van der Waals surface area contributed by atoms with E-state index in [0.29, 0.717) is 69.9 Å². The smallest absolute Gasteiger partial charge is 0.508 e. The summed E-state index contributed by atoms with van der Waals surface area (Å²) >= 11 is 0. The van der Waals surface area contributed by atoms with Crippen molar-refractivity contribution in [1.82, 2.24) is 29.8 Å². The van der Waals surface area contributed by atoms with Crippen LogP contribution in [0.25, 0.3) is 0 Å². The standard InChI is InChI=1S/C25H52N4O8Si2.C17H16O6.C10H24N2O2Si.C6H6O.4CH4/c1-8-33-38(6,34-9-2)21-26-12-16-28(17-13-26)24(30)32-20-23(5)37-25(31)29-18-14-27(15-19-29)22-39(7,35-10-3)36-11-4;1-13(21-17(19)23-15-10-6-3-7-11-15)12-20-16(18)22-14-8-4-2-5-9-14;1-4-13-15(3,14-5-2)10-12-8-6-11-7-9-12;7-6-4-2-1-3-5-6;;;;/h23H,8-22H2,1-7H3;2-11,13H,12H2,1H3;11H,4-10H2,1-3H3;1-5,7H;4*1H4. The number of nitrogens with zero attached hydrogens (tertiary/aromatic N) is 5. The maximum absolute atomic E-state index is 12.7. The zero-order valence-corrected chi connectivity index (χ0v) is 54.8. The molecule has 2 N–H and O–H groups in total. The first-order valence-electron chi connectivity index (χ1n) is 29.5. The third-order valence-electron chi connectivity index (χ3n) is 12.8. The summed E-state index contributed by atoms with van der Waals surface area (Å²) in [5, 5.41) is 12.0. The Morgan fingerprint density at radius 3 is 1.11 bits per heavy atom. The molecule has 2 atom stereocenters. The monoisotopic (exact) mass is 1300 g/mol. The molecular weight excluding hydrogens is 1180 g/mol. The van der Waals surface area contributed by atoms with Gasteiger partial charge in [-0.05, 0) is 111 Å². The van der Waals surface area contributed by atoms with Crippen LogP contribution >= 0.6 is 0 Å². The van der Waals surface area contributed by atoms with Gasteiger partial charge in [-0.2, -0.15) is 0 Å². The summed E-state index contributed by atoms with van der Waals surface area (Å²) in [5.41, 5.74) is 0. The van der Waals surface area contributed by atoms with Crippen LogP contribution in [0.2, 0.25) is 19.6 Å². The molecule has 3 aromatic rings. The van der Waals surface area contributed by atoms with E-state index in [1.807, 2.05) is 47.6 Å². The van der Waals surface area contributed by atoms with Crippen LogP contribution in [0, 0.1) is 0 Å². The number of aromatic hydroxyl groups is 1. The number of para-hydroxylation sites is 3. The lowest BCUT2D eigenvalue weighted by molar-refractivity contribution is 0.0127. The van der Waals surface area contributed by atoms with Crippen molar-refractivity contribution in [3.63, 3.8) is 0 Å². The first kappa shape index (κ1) is 84.9. The van der Waals surface area contributed by atoms with Crippen LogP contribution in [0.4, 0.5) is 19.2 Å². The zero-order chi connectivity index (χ0) is 61.6. The minimum atomic E-state index is -2.24. The molecule has 3 fully saturated rings. The van der Waals surface area contributed by atoms with Crippen LogP contribution < -0.4 is 14.8 Å². The fraction of sp³-hybridized carbons (Fsp3) is 0.645. The SMILES string of the molecule is C.C.C.C.CC(COC(=O)Oc1ccccc1)OC(=O)Oc1ccccc1.CCO[Si](C)(CN1CCN(C(=O)OCC(C)OC(=O)N2CCN(C[Si](C)(OCC)OCC)CC2)CC1)OCC.CCO[Si](C)(CN1CCNCC1)OCC.Oc1ccccc1. The average Bonchev–Trinajstić information content (AvgIpc) is 3.36. The largest absolute Gasteiger partial charge is 0.514 e. The lowest BCUT2D eigenvalue weighted by Gasteiger charge is -2.38. The lowest BCUT2D eigenvalue weighted by Crippen LogP contribution is -2.56. The Bertz CT molecular complexity index is 2220. The van der Waals surface area contributed by atoms with Gasteiger partial charge in [0.15, 0.2) is 0 Å². The van der Waals surface area contributed by atoms with E-state index in [1.165, 1.54) is 0 Å². The van der Waals surface area contributed by atoms with Crippen molar-refractivity contribution >= 4 is 50.2 Å². The van der Waals surface area contributed by atoms with Gasteiger partial charge in [-0.25, -0.2) is 19.2 Å². The van der Waals surface area contributed by atoms with Crippen LogP contribution in [-0.4, -0.2) is 242 Å². The van der Waals surface area contributed by atoms with Crippen molar-refractivity contribution < 1.29 is 79.3 Å². The van der Waals surface area contributed by atoms with Crippen molar-refractivity contribution in [1.29, 1.82) is 0 Å². The molecule has 0 radical (unpaired) electrons. The minimum absolute atomic E-state index is 0.